The van der Waals surface area contributed by atoms with Gasteiger partial charge in [-0.25, -0.2) is 9.78 Å². The second-order valence-electron chi connectivity index (χ2n) is 12.1. The second kappa shape index (κ2) is 11.5. The van der Waals surface area contributed by atoms with Crippen molar-refractivity contribution in [3.8, 4) is 11.3 Å². The maximum atomic E-state index is 13.5. The predicted octanol–water partition coefficient (Wildman–Crippen LogP) is 4.93. The number of aromatic nitrogens is 1. The number of para-hydroxylation sites is 1. The molecule has 3 fully saturated rings. The first-order valence-electron chi connectivity index (χ1n) is 14.6. The fourth-order valence-electron chi connectivity index (χ4n) is 6.14. The normalized spacial score (nSPS) is 22.0. The molecule has 8 nitrogen and oxygen atoms in total. The van der Waals surface area contributed by atoms with Crippen LogP contribution in [0.3, 0.4) is 0 Å². The number of fused-ring (bicyclic) bond motifs is 1. The molecule has 3 saturated heterocycles. The maximum absolute atomic E-state index is 13.5. The fraction of sp³-hybridized carbons (Fsp3) is 0.469. The third kappa shape index (κ3) is 6.02. The van der Waals surface area contributed by atoms with E-state index >= 15 is 0 Å². The zero-order valence-corrected chi connectivity index (χ0v) is 25.0. The number of anilines is 1. The Hall–Kier alpha value is -3.30. The van der Waals surface area contributed by atoms with Gasteiger partial charge in [-0.15, -0.1) is 11.8 Å². The Morgan fingerprint density at radius 3 is 2.39 bits per heavy atom. The number of carbonyl (C=O) groups excluding carboxylic acids is 2. The molecule has 2 atom stereocenters. The van der Waals surface area contributed by atoms with Crippen molar-refractivity contribution in [2.45, 2.75) is 44.9 Å². The lowest BCUT2D eigenvalue weighted by atomic mass is 10.1. The predicted molar refractivity (Wildman–Crippen MR) is 165 cm³/mol. The van der Waals surface area contributed by atoms with Gasteiger partial charge in [-0.2, -0.15) is 0 Å². The summed E-state index contributed by atoms with van der Waals surface area (Å²) >= 11 is 1.77. The van der Waals surface area contributed by atoms with E-state index in [0.29, 0.717) is 18.8 Å². The first-order chi connectivity index (χ1) is 19.8. The molecule has 2 aromatic carbocycles. The van der Waals surface area contributed by atoms with Crippen molar-refractivity contribution >= 4 is 40.4 Å². The van der Waals surface area contributed by atoms with Crippen molar-refractivity contribution in [3.05, 3.63) is 60.7 Å². The van der Waals surface area contributed by atoms with E-state index in [0.717, 1.165) is 60.6 Å². The lowest BCUT2D eigenvalue weighted by Crippen LogP contribution is -2.51. The minimum absolute atomic E-state index is 0.0543. The van der Waals surface area contributed by atoms with Crippen LogP contribution in [0.5, 0.6) is 0 Å². The number of ether oxygens (including phenoxy) is 1. The summed E-state index contributed by atoms with van der Waals surface area (Å²) in [7, 11) is 0. The van der Waals surface area contributed by atoms with Gasteiger partial charge in [0.25, 0.3) is 0 Å². The Kier molecular flexibility index (Phi) is 7.83. The maximum Gasteiger partial charge on any atom is 0.411 e. The zero-order chi connectivity index (χ0) is 28.6. The van der Waals surface area contributed by atoms with E-state index in [9.17, 15) is 9.59 Å². The number of likely N-dealkylation sites (tertiary alicyclic amines) is 1. The molecule has 9 heteroatoms. The number of rotatable bonds is 4. The topological polar surface area (TPSA) is 69.2 Å². The summed E-state index contributed by atoms with van der Waals surface area (Å²) in [5, 5.41) is 1.16. The van der Waals surface area contributed by atoms with E-state index in [1.54, 1.807) is 16.7 Å². The molecule has 3 aliphatic heterocycles. The highest BCUT2D eigenvalue weighted by atomic mass is 32.2. The Labute approximate surface area is 246 Å². The van der Waals surface area contributed by atoms with Gasteiger partial charge in [-0.1, -0.05) is 48.5 Å². The summed E-state index contributed by atoms with van der Waals surface area (Å²) in [6.45, 7) is 10.3. The number of hydrogen-bond donors (Lipinski definition) is 0. The summed E-state index contributed by atoms with van der Waals surface area (Å²) in [6, 6.07) is 20.6. The molecule has 0 saturated carbocycles. The largest absolute Gasteiger partial charge is 0.444 e. The molecule has 0 aliphatic carbocycles. The summed E-state index contributed by atoms with van der Waals surface area (Å²) in [5.74, 6) is 1.70. The Balaban J connectivity index is 1.19. The molecule has 4 heterocycles. The van der Waals surface area contributed by atoms with Crippen LogP contribution < -0.4 is 4.90 Å². The zero-order valence-electron chi connectivity index (χ0n) is 24.2. The van der Waals surface area contributed by atoms with Gasteiger partial charge in [0.2, 0.25) is 5.91 Å². The van der Waals surface area contributed by atoms with Crippen molar-refractivity contribution in [3.63, 3.8) is 0 Å². The molecule has 0 N–H and O–H groups in total. The van der Waals surface area contributed by atoms with E-state index in [4.69, 9.17) is 9.72 Å². The lowest BCUT2D eigenvalue weighted by Gasteiger charge is -2.39. The van der Waals surface area contributed by atoms with Crippen LogP contribution in [0.1, 0.15) is 27.2 Å². The molecule has 3 aromatic rings. The van der Waals surface area contributed by atoms with Gasteiger partial charge in [-0.05, 0) is 39.3 Å². The Morgan fingerprint density at radius 2 is 1.68 bits per heavy atom. The molecule has 216 valence electrons. The van der Waals surface area contributed by atoms with Gasteiger partial charge in [0.15, 0.2) is 0 Å². The molecule has 2 amide bonds. The van der Waals surface area contributed by atoms with Gasteiger partial charge in [0, 0.05) is 67.7 Å². The fourth-order valence-corrected chi connectivity index (χ4v) is 7.09. The standard InChI is InChI=1S/C32H39N5O3S/c1-32(2,3)40-31(39)37-21-24(19-29(37)30(38)36-17-18-41-22-36)34-13-15-35(16-14-34)28-20-27(23-9-5-4-6-10-23)33-26-12-8-7-11-25(26)28/h4-12,20,24,29H,13-19,21-22H2,1-3H3/t24-,29-/m0/s1. The first-order valence-corrected chi connectivity index (χ1v) is 15.7. The highest BCUT2D eigenvalue weighted by molar-refractivity contribution is 7.99. The average molecular weight is 574 g/mol. The van der Waals surface area contributed by atoms with Crippen molar-refractivity contribution < 1.29 is 14.3 Å². The van der Waals surface area contributed by atoms with Crippen molar-refractivity contribution in [1.82, 2.24) is 19.7 Å². The monoisotopic (exact) mass is 573 g/mol. The molecule has 0 unspecified atom stereocenters. The van der Waals surface area contributed by atoms with E-state index in [2.05, 4.69) is 46.2 Å². The van der Waals surface area contributed by atoms with Crippen LogP contribution in [0.2, 0.25) is 0 Å². The molecule has 0 spiro atoms. The molecule has 0 radical (unpaired) electrons. The summed E-state index contributed by atoms with van der Waals surface area (Å²) in [6.07, 6.45) is 0.260. The first kappa shape index (κ1) is 27.8. The van der Waals surface area contributed by atoms with E-state index in [1.165, 1.54) is 5.69 Å². The molecule has 1 aromatic heterocycles. The number of carbonyl (C=O) groups is 2. The van der Waals surface area contributed by atoms with Crippen LogP contribution in [0, 0.1) is 0 Å². The summed E-state index contributed by atoms with van der Waals surface area (Å²) < 4.78 is 5.74. The quantitative estimate of drug-likeness (QED) is 0.438. The molecular formula is C32H39N5O3S. The summed E-state index contributed by atoms with van der Waals surface area (Å²) in [4.78, 5) is 40.2. The molecule has 0 bridgehead atoms. The van der Waals surface area contributed by atoms with Crippen molar-refractivity contribution in [2.75, 3.05) is 55.8 Å². The van der Waals surface area contributed by atoms with E-state index in [1.807, 2.05) is 49.9 Å². The minimum Gasteiger partial charge on any atom is -0.444 e. The van der Waals surface area contributed by atoms with Gasteiger partial charge in [0.1, 0.15) is 11.6 Å². The SMILES string of the molecule is CC(C)(C)OC(=O)N1C[C@@H](N2CCN(c3cc(-c4ccccc4)nc4ccccc34)CC2)C[C@H]1C(=O)N1CCSC1. The van der Waals surface area contributed by atoms with Gasteiger partial charge in [-0.3, -0.25) is 14.6 Å². The Bertz CT molecular complexity index is 1400. The highest BCUT2D eigenvalue weighted by Gasteiger charge is 2.45. The number of nitrogens with zero attached hydrogens (tertiary/aromatic N) is 5. The van der Waals surface area contributed by atoms with Gasteiger partial charge >= 0.3 is 6.09 Å². The van der Waals surface area contributed by atoms with Crippen LogP contribution in [-0.4, -0.2) is 100 Å². The highest BCUT2D eigenvalue weighted by Crippen LogP contribution is 2.33. The number of hydrogen-bond acceptors (Lipinski definition) is 7. The van der Waals surface area contributed by atoms with Crippen LogP contribution in [0.4, 0.5) is 10.5 Å². The number of thioether (sulfide) groups is 1. The Morgan fingerprint density at radius 1 is 0.951 bits per heavy atom. The van der Waals surface area contributed by atoms with Crippen LogP contribution in [0.25, 0.3) is 22.2 Å². The lowest BCUT2D eigenvalue weighted by molar-refractivity contribution is -0.134. The van der Waals surface area contributed by atoms with Crippen LogP contribution >= 0.6 is 11.8 Å². The number of benzene rings is 2. The molecular weight excluding hydrogens is 534 g/mol. The third-order valence-electron chi connectivity index (χ3n) is 8.19. The van der Waals surface area contributed by atoms with E-state index in [-0.39, 0.29) is 18.0 Å². The van der Waals surface area contributed by atoms with Gasteiger partial charge in [0.05, 0.1) is 17.1 Å². The second-order valence-corrected chi connectivity index (χ2v) is 13.2. The van der Waals surface area contributed by atoms with E-state index < -0.39 is 11.6 Å². The van der Waals surface area contributed by atoms with Crippen LogP contribution in [0.15, 0.2) is 60.7 Å². The summed E-state index contributed by atoms with van der Waals surface area (Å²) in [5.41, 5.74) is 3.68. The molecule has 3 aliphatic rings. The van der Waals surface area contributed by atoms with Gasteiger partial charge < -0.3 is 14.5 Å². The molecule has 41 heavy (non-hydrogen) atoms. The third-order valence-corrected chi connectivity index (χ3v) is 9.16. The van der Waals surface area contributed by atoms with Crippen molar-refractivity contribution in [1.29, 1.82) is 0 Å². The number of pyridine rings is 1. The number of piperazine rings is 1. The minimum atomic E-state index is -0.607. The van der Waals surface area contributed by atoms with Crippen LogP contribution in [-0.2, 0) is 9.53 Å². The number of amides is 2. The molecule has 6 rings (SSSR count). The average Bonchev–Trinajstić information content (AvgIpc) is 3.67. The smallest absolute Gasteiger partial charge is 0.411 e. The van der Waals surface area contributed by atoms with Crippen molar-refractivity contribution in [2.24, 2.45) is 0 Å².